The number of thioether (sulfide) groups is 1. The monoisotopic (exact) mass is 413 g/mol. The molecule has 1 aliphatic rings. The van der Waals surface area contributed by atoms with E-state index in [0.29, 0.717) is 12.3 Å². The fourth-order valence-corrected chi connectivity index (χ4v) is 4.17. The molecule has 7 heteroatoms. The number of carbonyl (C=O) groups is 3. The number of hydrogen-bond acceptors (Lipinski definition) is 6. The van der Waals surface area contributed by atoms with Crippen LogP contribution in [-0.2, 0) is 30.3 Å². The van der Waals surface area contributed by atoms with Gasteiger partial charge >= 0.3 is 11.9 Å². The second-order valence-corrected chi connectivity index (χ2v) is 7.93. The third-order valence-corrected chi connectivity index (χ3v) is 5.81. The summed E-state index contributed by atoms with van der Waals surface area (Å²) < 4.78 is 9.88. The van der Waals surface area contributed by atoms with Gasteiger partial charge in [-0.1, -0.05) is 54.6 Å². The van der Waals surface area contributed by atoms with Gasteiger partial charge in [-0.25, -0.2) is 0 Å². The molecule has 2 aromatic carbocycles. The van der Waals surface area contributed by atoms with E-state index in [9.17, 15) is 14.4 Å². The first-order valence-corrected chi connectivity index (χ1v) is 10.4. The standard InChI is InChI=1S/C22H23NO5S/c1-27-22(26)19-14-23(11-12-29-19)20(24)15-28-21(25)13-16-7-9-18(10-8-16)17-5-3-2-4-6-17/h2-10,19H,11-15H2,1H3/t19-/m1/s1. The van der Waals surface area contributed by atoms with Gasteiger partial charge < -0.3 is 14.4 Å². The van der Waals surface area contributed by atoms with E-state index in [1.165, 1.54) is 18.9 Å². The Bertz CT molecular complexity index is 853. The molecule has 2 aromatic rings. The maximum absolute atomic E-state index is 12.3. The molecule has 0 N–H and O–H groups in total. The fourth-order valence-electron chi connectivity index (χ4n) is 3.05. The number of methoxy groups -OCH3 is 1. The highest BCUT2D eigenvalue weighted by Gasteiger charge is 2.29. The van der Waals surface area contributed by atoms with E-state index in [0.717, 1.165) is 16.7 Å². The zero-order valence-electron chi connectivity index (χ0n) is 16.2. The van der Waals surface area contributed by atoms with Crippen LogP contribution in [0.2, 0.25) is 0 Å². The maximum Gasteiger partial charge on any atom is 0.320 e. The first-order valence-electron chi connectivity index (χ1n) is 9.34. The number of amides is 1. The van der Waals surface area contributed by atoms with E-state index in [-0.39, 0.29) is 31.4 Å². The Morgan fingerprint density at radius 3 is 2.41 bits per heavy atom. The van der Waals surface area contributed by atoms with Gasteiger partial charge in [-0.3, -0.25) is 14.4 Å². The minimum Gasteiger partial charge on any atom is -0.468 e. The summed E-state index contributed by atoms with van der Waals surface area (Å²) in [6.45, 7) is 0.476. The Hall–Kier alpha value is -2.80. The molecule has 6 nitrogen and oxygen atoms in total. The number of hydrogen-bond donors (Lipinski definition) is 0. The van der Waals surface area contributed by atoms with Crippen molar-refractivity contribution in [2.45, 2.75) is 11.7 Å². The fraction of sp³-hybridized carbons (Fsp3) is 0.318. The largest absolute Gasteiger partial charge is 0.468 e. The molecule has 1 amide bonds. The first kappa shape index (κ1) is 20.9. The number of benzene rings is 2. The van der Waals surface area contributed by atoms with Gasteiger partial charge in [0, 0.05) is 18.8 Å². The summed E-state index contributed by atoms with van der Waals surface area (Å²) in [5.41, 5.74) is 3.00. The number of ether oxygens (including phenoxy) is 2. The SMILES string of the molecule is COC(=O)[C@H]1CN(C(=O)COC(=O)Cc2ccc(-c3ccccc3)cc2)CCS1. The second-order valence-electron chi connectivity index (χ2n) is 6.62. The quantitative estimate of drug-likeness (QED) is 0.678. The summed E-state index contributed by atoms with van der Waals surface area (Å²) in [7, 11) is 1.33. The summed E-state index contributed by atoms with van der Waals surface area (Å²) in [5, 5.41) is -0.392. The maximum atomic E-state index is 12.3. The molecule has 1 aliphatic heterocycles. The highest BCUT2D eigenvalue weighted by molar-refractivity contribution is 8.00. The molecule has 152 valence electrons. The Morgan fingerprint density at radius 1 is 1.03 bits per heavy atom. The van der Waals surface area contributed by atoms with E-state index in [2.05, 4.69) is 0 Å². The predicted octanol–water partition coefficient (Wildman–Crippen LogP) is 2.56. The molecule has 29 heavy (non-hydrogen) atoms. The smallest absolute Gasteiger partial charge is 0.320 e. The number of carbonyl (C=O) groups excluding carboxylic acids is 3. The molecule has 0 unspecified atom stereocenters. The molecule has 3 rings (SSSR count). The van der Waals surface area contributed by atoms with E-state index in [1.54, 1.807) is 4.90 Å². The van der Waals surface area contributed by atoms with E-state index >= 15 is 0 Å². The molecule has 0 aromatic heterocycles. The minimum atomic E-state index is -0.457. The molecular formula is C22H23NO5S. The van der Waals surface area contributed by atoms with Crippen molar-refractivity contribution >= 4 is 29.6 Å². The van der Waals surface area contributed by atoms with Crippen LogP contribution >= 0.6 is 11.8 Å². The van der Waals surface area contributed by atoms with Crippen molar-refractivity contribution in [2.24, 2.45) is 0 Å². The number of nitrogens with zero attached hydrogens (tertiary/aromatic N) is 1. The van der Waals surface area contributed by atoms with Gasteiger partial charge in [-0.05, 0) is 16.7 Å². The van der Waals surface area contributed by atoms with Crippen LogP contribution in [0.3, 0.4) is 0 Å². The van der Waals surface area contributed by atoms with E-state index in [4.69, 9.17) is 9.47 Å². The Kier molecular flexibility index (Phi) is 7.30. The number of esters is 2. The van der Waals surface area contributed by atoms with Gasteiger partial charge in [-0.2, -0.15) is 0 Å². The van der Waals surface area contributed by atoms with E-state index in [1.807, 2.05) is 54.6 Å². The molecule has 1 saturated heterocycles. The van der Waals surface area contributed by atoms with Crippen LogP contribution in [0.25, 0.3) is 11.1 Å². The second kappa shape index (κ2) is 10.1. The van der Waals surface area contributed by atoms with Gasteiger partial charge in [0.05, 0.1) is 13.5 Å². The average molecular weight is 413 g/mol. The van der Waals surface area contributed by atoms with Crippen molar-refractivity contribution in [1.82, 2.24) is 4.90 Å². The Balaban J connectivity index is 1.47. The molecule has 0 saturated carbocycles. The zero-order valence-corrected chi connectivity index (χ0v) is 17.0. The first-order chi connectivity index (χ1) is 14.1. The van der Waals surface area contributed by atoms with Gasteiger partial charge in [0.25, 0.3) is 5.91 Å². The Labute approximate surface area is 174 Å². The van der Waals surface area contributed by atoms with Crippen LogP contribution < -0.4 is 0 Å². The van der Waals surface area contributed by atoms with Crippen LogP contribution in [0.5, 0.6) is 0 Å². The summed E-state index contributed by atoms with van der Waals surface area (Å²) in [4.78, 5) is 37.6. The molecule has 0 aliphatic carbocycles. The van der Waals surface area contributed by atoms with Gasteiger partial charge in [-0.15, -0.1) is 11.8 Å². The third kappa shape index (κ3) is 5.84. The molecule has 1 heterocycles. The van der Waals surface area contributed by atoms with Gasteiger partial charge in [0.15, 0.2) is 6.61 Å². The Morgan fingerprint density at radius 2 is 1.72 bits per heavy atom. The topological polar surface area (TPSA) is 72.9 Å². The van der Waals surface area contributed by atoms with E-state index < -0.39 is 11.2 Å². The van der Waals surface area contributed by atoms with Crippen LogP contribution in [0.1, 0.15) is 5.56 Å². The molecule has 0 radical (unpaired) electrons. The highest BCUT2D eigenvalue weighted by Crippen LogP contribution is 2.21. The molecule has 1 atom stereocenters. The lowest BCUT2D eigenvalue weighted by Crippen LogP contribution is -2.46. The average Bonchev–Trinajstić information content (AvgIpc) is 2.78. The van der Waals surface area contributed by atoms with Crippen molar-refractivity contribution in [3.05, 3.63) is 60.2 Å². The van der Waals surface area contributed by atoms with Crippen molar-refractivity contribution < 1.29 is 23.9 Å². The lowest BCUT2D eigenvalue weighted by molar-refractivity contribution is -0.152. The zero-order chi connectivity index (χ0) is 20.6. The predicted molar refractivity (Wildman–Crippen MR) is 111 cm³/mol. The summed E-state index contributed by atoms with van der Waals surface area (Å²) in [5.74, 6) is -0.454. The van der Waals surface area contributed by atoms with Crippen LogP contribution in [0.4, 0.5) is 0 Å². The van der Waals surface area contributed by atoms with Gasteiger partial charge in [0.1, 0.15) is 5.25 Å². The summed E-state index contributed by atoms with van der Waals surface area (Å²) >= 11 is 1.47. The summed E-state index contributed by atoms with van der Waals surface area (Å²) in [6, 6.07) is 17.7. The third-order valence-electron chi connectivity index (χ3n) is 4.65. The molecule has 0 bridgehead atoms. The van der Waals surface area contributed by atoms with Crippen LogP contribution in [0, 0.1) is 0 Å². The van der Waals surface area contributed by atoms with Crippen molar-refractivity contribution in [2.75, 3.05) is 32.6 Å². The number of rotatable bonds is 6. The lowest BCUT2D eigenvalue weighted by Gasteiger charge is -2.30. The van der Waals surface area contributed by atoms with Gasteiger partial charge in [0.2, 0.25) is 0 Å². The minimum absolute atomic E-state index is 0.100. The molecule has 1 fully saturated rings. The van der Waals surface area contributed by atoms with Crippen molar-refractivity contribution in [3.63, 3.8) is 0 Å². The molecular weight excluding hydrogens is 390 g/mol. The van der Waals surface area contributed by atoms with Crippen molar-refractivity contribution in [1.29, 1.82) is 0 Å². The molecule has 0 spiro atoms. The summed E-state index contributed by atoms with van der Waals surface area (Å²) in [6.07, 6.45) is 0.100. The normalized spacial score (nSPS) is 16.2. The van der Waals surface area contributed by atoms with Crippen LogP contribution in [-0.4, -0.2) is 60.6 Å². The van der Waals surface area contributed by atoms with Crippen molar-refractivity contribution in [3.8, 4) is 11.1 Å². The highest BCUT2D eigenvalue weighted by atomic mass is 32.2. The lowest BCUT2D eigenvalue weighted by atomic mass is 10.0. The van der Waals surface area contributed by atoms with Crippen LogP contribution in [0.15, 0.2) is 54.6 Å².